The van der Waals surface area contributed by atoms with Crippen LogP contribution in [0.25, 0.3) is 0 Å². The van der Waals surface area contributed by atoms with Gasteiger partial charge in [-0.05, 0) is 46.0 Å². The summed E-state index contributed by atoms with van der Waals surface area (Å²) in [6.07, 6.45) is 12.7. The van der Waals surface area contributed by atoms with Crippen LogP contribution in [0.4, 0.5) is 0 Å². The molecule has 0 fully saturated rings. The van der Waals surface area contributed by atoms with Crippen LogP contribution in [0.3, 0.4) is 0 Å². The molecular weight excluding hydrogens is 284 g/mol. The number of hydrogen-bond acceptors (Lipinski definition) is 1. The Balaban J connectivity index is 3.79. The van der Waals surface area contributed by atoms with Crippen molar-refractivity contribution < 1.29 is 4.79 Å². The first-order valence-electron chi connectivity index (χ1n) is 8.56. The Morgan fingerprint density at radius 1 is 0.909 bits per heavy atom. The average molecular weight is 319 g/mol. The van der Waals surface area contributed by atoms with Gasteiger partial charge in [-0.2, -0.15) is 0 Å². The van der Waals surface area contributed by atoms with Crippen LogP contribution in [-0.2, 0) is 4.79 Å². The molecule has 0 unspecified atom stereocenters. The van der Waals surface area contributed by atoms with Gasteiger partial charge in [0.15, 0.2) is 0 Å². The van der Waals surface area contributed by atoms with Gasteiger partial charge in [0, 0.05) is 18.9 Å². The highest BCUT2D eigenvalue weighted by molar-refractivity contribution is 6.76. The molecular formula is C20H34OSi. The lowest BCUT2D eigenvalue weighted by Gasteiger charge is -2.09. The Hall–Kier alpha value is -1.07. The van der Waals surface area contributed by atoms with E-state index in [0.717, 1.165) is 44.4 Å². The third-order valence-electron chi connectivity index (χ3n) is 3.43. The topological polar surface area (TPSA) is 17.1 Å². The summed E-state index contributed by atoms with van der Waals surface area (Å²) < 4.78 is 0. The van der Waals surface area contributed by atoms with Crippen LogP contribution in [0.2, 0.25) is 25.7 Å². The quantitative estimate of drug-likeness (QED) is 0.155. The molecule has 0 saturated heterocycles. The van der Waals surface area contributed by atoms with Gasteiger partial charge in [-0.3, -0.25) is 0 Å². The lowest BCUT2D eigenvalue weighted by Crippen LogP contribution is -2.17. The molecule has 0 atom stereocenters. The van der Waals surface area contributed by atoms with Crippen LogP contribution >= 0.6 is 0 Å². The van der Waals surface area contributed by atoms with Gasteiger partial charge in [0.25, 0.3) is 0 Å². The Kier molecular flexibility index (Phi) is 11.9. The second-order valence-electron chi connectivity index (χ2n) is 7.33. The van der Waals surface area contributed by atoms with E-state index >= 15 is 0 Å². The lowest BCUT2D eigenvalue weighted by molar-refractivity contribution is -0.107. The zero-order valence-corrected chi connectivity index (χ0v) is 16.3. The average Bonchev–Trinajstić information content (AvgIpc) is 2.43. The molecule has 0 saturated carbocycles. The van der Waals surface area contributed by atoms with Gasteiger partial charge in [0.1, 0.15) is 6.29 Å². The Bertz CT molecular complexity index is 427. The smallest absolute Gasteiger partial charge is 0.120 e. The fourth-order valence-corrected chi connectivity index (χ4v) is 2.65. The predicted octanol–water partition coefficient (Wildman–Crippen LogP) is 6.15. The second kappa shape index (κ2) is 12.5. The maximum atomic E-state index is 10.3. The number of carbonyl (C=O) groups is 1. The molecule has 0 aromatic heterocycles. The highest BCUT2D eigenvalue weighted by Crippen LogP contribution is 2.11. The first-order valence-corrected chi connectivity index (χ1v) is 12.3. The molecule has 0 bridgehead atoms. The normalized spacial score (nSPS) is 12.8. The summed E-state index contributed by atoms with van der Waals surface area (Å²) in [5.74, 6) is 6.65. The van der Waals surface area contributed by atoms with Gasteiger partial charge >= 0.3 is 0 Å². The fraction of sp³-hybridized carbons (Fsp3) is 0.650. The number of allylic oxidation sites excluding steroid dienone is 4. The Morgan fingerprint density at radius 3 is 2.09 bits per heavy atom. The molecule has 0 N–H and O–H groups in total. The van der Waals surface area contributed by atoms with E-state index in [9.17, 15) is 4.79 Å². The number of carbonyl (C=O) groups excluding carboxylic acids is 1. The maximum absolute atomic E-state index is 10.3. The van der Waals surface area contributed by atoms with E-state index < -0.39 is 8.07 Å². The molecule has 124 valence electrons. The molecule has 0 aromatic rings. The van der Waals surface area contributed by atoms with Gasteiger partial charge in [-0.15, -0.1) is 11.8 Å². The Morgan fingerprint density at radius 2 is 1.50 bits per heavy atom. The zero-order chi connectivity index (χ0) is 16.8. The first kappa shape index (κ1) is 20.9. The summed E-state index contributed by atoms with van der Waals surface area (Å²) in [5, 5.41) is 0. The minimum absolute atomic E-state index is 0.649. The largest absolute Gasteiger partial charge is 0.303 e. The molecule has 0 spiro atoms. The van der Waals surface area contributed by atoms with Crippen molar-refractivity contribution in [2.45, 2.75) is 84.5 Å². The van der Waals surface area contributed by atoms with Gasteiger partial charge in [0.05, 0.1) is 8.07 Å². The van der Waals surface area contributed by atoms with Crippen molar-refractivity contribution in [1.82, 2.24) is 0 Å². The van der Waals surface area contributed by atoms with Gasteiger partial charge in [-0.1, -0.05) is 42.9 Å². The summed E-state index contributed by atoms with van der Waals surface area (Å²) in [7, 11) is -0.987. The second-order valence-corrected chi connectivity index (χ2v) is 12.8. The van der Waals surface area contributed by atoms with Crippen LogP contribution in [0.1, 0.15) is 58.8 Å². The van der Waals surface area contributed by atoms with E-state index in [2.05, 4.69) is 57.5 Å². The van der Waals surface area contributed by atoms with Crippen molar-refractivity contribution in [2.24, 2.45) is 0 Å². The van der Waals surface area contributed by atoms with Crippen LogP contribution < -0.4 is 0 Å². The SMILES string of the molecule is C/C(=C\CC/C(C)=C/CCCC#CC[Si](C)(C)C)CCC=O. The van der Waals surface area contributed by atoms with Crippen molar-refractivity contribution in [3.8, 4) is 11.8 Å². The molecule has 0 aliphatic carbocycles. The molecule has 0 rings (SSSR count). The van der Waals surface area contributed by atoms with E-state index in [1.54, 1.807) is 0 Å². The summed E-state index contributed by atoms with van der Waals surface area (Å²) in [6, 6.07) is 1.12. The molecule has 2 heteroatoms. The van der Waals surface area contributed by atoms with Gasteiger partial charge < -0.3 is 4.79 Å². The van der Waals surface area contributed by atoms with E-state index in [1.165, 1.54) is 17.6 Å². The van der Waals surface area contributed by atoms with Crippen molar-refractivity contribution in [2.75, 3.05) is 0 Å². The van der Waals surface area contributed by atoms with E-state index in [4.69, 9.17) is 0 Å². The molecule has 0 aliphatic heterocycles. The van der Waals surface area contributed by atoms with Crippen molar-refractivity contribution in [1.29, 1.82) is 0 Å². The van der Waals surface area contributed by atoms with Crippen LogP contribution in [0.5, 0.6) is 0 Å². The highest BCUT2D eigenvalue weighted by atomic mass is 28.3. The number of rotatable bonds is 10. The molecule has 1 nitrogen and oxygen atoms in total. The highest BCUT2D eigenvalue weighted by Gasteiger charge is 2.09. The van der Waals surface area contributed by atoms with Crippen molar-refractivity contribution in [3.63, 3.8) is 0 Å². The third-order valence-corrected chi connectivity index (χ3v) is 4.67. The van der Waals surface area contributed by atoms with Crippen LogP contribution in [-0.4, -0.2) is 14.4 Å². The standard InChI is InChI=1S/C20H34OSi/c1-19(14-11-15-20(2)16-12-17-21)13-9-7-6-8-10-18-22(3,4)5/h13,15,17H,6-7,9,11-12,14,16,18H2,1-5H3/b19-13+,20-15+. The zero-order valence-electron chi connectivity index (χ0n) is 15.3. The van der Waals surface area contributed by atoms with Gasteiger partial charge in [0.2, 0.25) is 0 Å². The number of aldehydes is 1. The van der Waals surface area contributed by atoms with Gasteiger partial charge in [-0.25, -0.2) is 0 Å². The molecule has 22 heavy (non-hydrogen) atoms. The van der Waals surface area contributed by atoms with Crippen molar-refractivity contribution >= 4 is 14.4 Å². The lowest BCUT2D eigenvalue weighted by atomic mass is 10.1. The van der Waals surface area contributed by atoms with E-state index in [1.807, 2.05) is 0 Å². The summed E-state index contributed by atoms with van der Waals surface area (Å²) in [6.45, 7) is 11.4. The first-order chi connectivity index (χ1) is 10.3. The molecule has 0 heterocycles. The number of unbranched alkanes of at least 4 members (excludes halogenated alkanes) is 2. The predicted molar refractivity (Wildman–Crippen MR) is 102 cm³/mol. The summed E-state index contributed by atoms with van der Waals surface area (Å²) in [4.78, 5) is 10.3. The summed E-state index contributed by atoms with van der Waals surface area (Å²) >= 11 is 0. The fourth-order valence-electron chi connectivity index (χ4n) is 1.99. The number of hydrogen-bond donors (Lipinski definition) is 0. The molecule has 0 amide bonds. The van der Waals surface area contributed by atoms with Crippen molar-refractivity contribution in [3.05, 3.63) is 23.3 Å². The molecule has 0 aromatic carbocycles. The van der Waals surface area contributed by atoms with E-state index in [0.29, 0.717) is 6.42 Å². The Labute approximate surface area is 139 Å². The molecule has 0 radical (unpaired) electrons. The monoisotopic (exact) mass is 318 g/mol. The maximum Gasteiger partial charge on any atom is 0.120 e. The third kappa shape index (κ3) is 15.3. The minimum Gasteiger partial charge on any atom is -0.303 e. The van der Waals surface area contributed by atoms with Crippen LogP contribution in [0.15, 0.2) is 23.3 Å². The minimum atomic E-state index is -0.987. The van der Waals surface area contributed by atoms with Crippen LogP contribution in [0, 0.1) is 11.8 Å². The van der Waals surface area contributed by atoms with E-state index in [-0.39, 0.29) is 0 Å². The molecule has 0 aliphatic rings. The summed E-state index contributed by atoms with van der Waals surface area (Å²) in [5.41, 5.74) is 2.80.